The molecule has 0 amide bonds. The summed E-state index contributed by atoms with van der Waals surface area (Å²) >= 11 is 0. The minimum atomic E-state index is -1.67. The van der Waals surface area contributed by atoms with Gasteiger partial charge in [0.25, 0.3) is 0 Å². The molecule has 0 saturated carbocycles. The highest BCUT2D eigenvalue weighted by Crippen LogP contribution is 2.44. The van der Waals surface area contributed by atoms with Crippen LogP contribution in [0.2, 0.25) is 19.6 Å². The molecule has 1 aliphatic carbocycles. The Balaban J connectivity index is 3.45. The van der Waals surface area contributed by atoms with Crippen molar-refractivity contribution in [1.82, 2.24) is 0 Å². The highest BCUT2D eigenvalue weighted by molar-refractivity contribution is 6.82. The lowest BCUT2D eigenvalue weighted by Gasteiger charge is -2.37. The molecule has 0 aromatic carbocycles. The van der Waals surface area contributed by atoms with Crippen molar-refractivity contribution in [2.24, 2.45) is 5.41 Å². The first-order valence-corrected chi connectivity index (χ1v) is 10.2. The van der Waals surface area contributed by atoms with Crippen LogP contribution in [0.15, 0.2) is 22.6 Å². The third-order valence-corrected chi connectivity index (χ3v) is 5.16. The summed E-state index contributed by atoms with van der Waals surface area (Å²) in [7, 11) is -1.67. The van der Waals surface area contributed by atoms with E-state index in [4.69, 9.17) is 4.74 Å². The molecule has 0 unspecified atom stereocenters. The average molecular weight is 266 g/mol. The van der Waals surface area contributed by atoms with E-state index in [1.54, 1.807) is 0 Å². The molecule has 0 aromatic heterocycles. The Kier molecular flexibility index (Phi) is 4.26. The van der Waals surface area contributed by atoms with Crippen molar-refractivity contribution >= 4 is 14.0 Å². The third-order valence-electron chi connectivity index (χ3n) is 3.45. The maximum absolute atomic E-state index is 11.4. The van der Waals surface area contributed by atoms with E-state index in [1.807, 2.05) is 0 Å². The topological polar surface area (TPSA) is 26.3 Å². The van der Waals surface area contributed by atoms with Gasteiger partial charge in [0.2, 0.25) is 0 Å². The largest absolute Gasteiger partial charge is 0.436 e. The molecule has 0 radical (unpaired) electrons. The molecule has 18 heavy (non-hydrogen) atoms. The molecule has 1 rings (SSSR count). The Morgan fingerprint density at radius 3 is 2.28 bits per heavy atom. The summed E-state index contributed by atoms with van der Waals surface area (Å²) < 4.78 is 5.62. The van der Waals surface area contributed by atoms with Crippen LogP contribution in [0.4, 0.5) is 0 Å². The highest BCUT2D eigenvalue weighted by atomic mass is 28.3. The van der Waals surface area contributed by atoms with Crippen LogP contribution in [-0.4, -0.2) is 14.0 Å². The van der Waals surface area contributed by atoms with Crippen LogP contribution in [0, 0.1) is 5.41 Å². The molecule has 0 bridgehead atoms. The summed E-state index contributed by atoms with van der Waals surface area (Å²) in [6, 6.07) is 0. The predicted octanol–water partition coefficient (Wildman–Crippen LogP) is 4.45. The summed E-state index contributed by atoms with van der Waals surface area (Å²) in [5.41, 5.74) is 2.65. The van der Waals surface area contributed by atoms with Gasteiger partial charge in [0.15, 0.2) is 0 Å². The van der Waals surface area contributed by atoms with E-state index in [2.05, 4.69) is 46.5 Å². The van der Waals surface area contributed by atoms with Crippen LogP contribution in [0.5, 0.6) is 0 Å². The minimum absolute atomic E-state index is 0.101. The second-order valence-corrected chi connectivity index (χ2v) is 11.8. The van der Waals surface area contributed by atoms with Gasteiger partial charge in [-0.3, -0.25) is 4.79 Å². The van der Waals surface area contributed by atoms with Gasteiger partial charge in [-0.25, -0.2) is 0 Å². The van der Waals surface area contributed by atoms with Crippen LogP contribution in [-0.2, 0) is 9.53 Å². The Morgan fingerprint density at radius 2 is 1.89 bits per heavy atom. The van der Waals surface area contributed by atoms with Gasteiger partial charge in [-0.05, 0) is 36.3 Å². The maximum atomic E-state index is 11.4. The molecule has 3 heteroatoms. The quantitative estimate of drug-likeness (QED) is 0.419. The van der Waals surface area contributed by atoms with Crippen molar-refractivity contribution in [3.05, 3.63) is 22.6 Å². The normalized spacial score (nSPS) is 22.3. The van der Waals surface area contributed by atoms with Gasteiger partial charge in [0.1, 0.15) is 8.07 Å². The van der Waals surface area contributed by atoms with E-state index in [-0.39, 0.29) is 11.4 Å². The van der Waals surface area contributed by atoms with E-state index in [1.165, 1.54) is 18.1 Å². The lowest BCUT2D eigenvalue weighted by Crippen LogP contribution is -2.33. The van der Waals surface area contributed by atoms with Gasteiger partial charge >= 0.3 is 5.97 Å². The average Bonchev–Trinajstić information content (AvgIpc) is 2.12. The minimum Gasteiger partial charge on any atom is -0.436 e. The van der Waals surface area contributed by atoms with Gasteiger partial charge < -0.3 is 4.74 Å². The highest BCUT2D eigenvalue weighted by Gasteiger charge is 2.36. The molecular formula is C15H26O2Si. The van der Waals surface area contributed by atoms with Gasteiger partial charge in [0.05, 0.1) is 5.38 Å². The van der Waals surface area contributed by atoms with E-state index in [0.717, 1.165) is 18.2 Å². The zero-order chi connectivity index (χ0) is 14.1. The zero-order valence-electron chi connectivity index (χ0n) is 12.8. The van der Waals surface area contributed by atoms with Gasteiger partial charge in [-0.1, -0.05) is 39.6 Å². The third kappa shape index (κ3) is 3.34. The molecule has 0 aliphatic heterocycles. The number of esters is 1. The molecule has 0 spiro atoms. The van der Waals surface area contributed by atoms with Gasteiger partial charge in [0, 0.05) is 6.92 Å². The van der Waals surface area contributed by atoms with Crippen molar-refractivity contribution in [2.45, 2.75) is 60.2 Å². The Bertz CT molecular complexity index is 409. The van der Waals surface area contributed by atoms with Crippen molar-refractivity contribution in [2.75, 3.05) is 0 Å². The summed E-state index contributed by atoms with van der Waals surface area (Å²) in [6.07, 6.45) is 4.50. The smallest absolute Gasteiger partial charge is 0.307 e. The van der Waals surface area contributed by atoms with Crippen LogP contribution < -0.4 is 0 Å². The molecule has 0 fully saturated rings. The first kappa shape index (κ1) is 15.2. The number of allylic oxidation sites excluding steroid dienone is 3. The van der Waals surface area contributed by atoms with E-state index in [0.29, 0.717) is 0 Å². The number of hydrogen-bond donors (Lipinski definition) is 0. The number of carbonyl (C=O) groups excluding carboxylic acids is 1. The van der Waals surface area contributed by atoms with Gasteiger partial charge in [-0.2, -0.15) is 0 Å². The molecule has 0 aromatic rings. The Hall–Kier alpha value is -0.833. The summed E-state index contributed by atoms with van der Waals surface area (Å²) in [5.74, 6) is -0.200. The second-order valence-electron chi connectivity index (χ2n) is 6.86. The molecule has 0 atom stereocenters. The van der Waals surface area contributed by atoms with Crippen LogP contribution in [0.1, 0.15) is 40.5 Å². The van der Waals surface area contributed by atoms with E-state index < -0.39 is 8.07 Å². The molecule has 0 heterocycles. The van der Waals surface area contributed by atoms with Crippen LogP contribution in [0.3, 0.4) is 0 Å². The molecule has 0 saturated heterocycles. The maximum Gasteiger partial charge on any atom is 0.307 e. The van der Waals surface area contributed by atoms with Crippen LogP contribution in [0.25, 0.3) is 0 Å². The molecule has 2 nitrogen and oxygen atoms in total. The van der Waals surface area contributed by atoms with Crippen molar-refractivity contribution < 1.29 is 9.53 Å². The number of hydrogen-bond acceptors (Lipinski definition) is 2. The molecule has 1 aliphatic rings. The van der Waals surface area contributed by atoms with Crippen LogP contribution >= 0.6 is 0 Å². The Labute approximate surface area is 112 Å². The molecule has 0 N–H and O–H groups in total. The fourth-order valence-electron chi connectivity index (χ4n) is 2.62. The fourth-order valence-corrected chi connectivity index (χ4v) is 4.36. The summed E-state index contributed by atoms with van der Waals surface area (Å²) in [5, 5.41) is 0.966. The van der Waals surface area contributed by atoms with Crippen molar-refractivity contribution in [1.29, 1.82) is 0 Å². The molecule has 102 valence electrons. The van der Waals surface area contributed by atoms with Crippen molar-refractivity contribution in [3.8, 4) is 0 Å². The first-order chi connectivity index (χ1) is 8.05. The second kappa shape index (κ2) is 5.04. The number of carbonyl (C=O) groups is 1. The van der Waals surface area contributed by atoms with E-state index in [9.17, 15) is 4.79 Å². The lowest BCUT2D eigenvalue weighted by atomic mass is 9.74. The fraction of sp³-hybridized carbons (Fsp3) is 0.667. The lowest BCUT2D eigenvalue weighted by molar-refractivity contribution is -0.136. The summed E-state index contributed by atoms with van der Waals surface area (Å²) in [4.78, 5) is 11.4. The SMILES string of the molecule is CC(=O)O/C(=C1/C(C)=CCCC1(C)C)[Si](C)(C)C. The Morgan fingerprint density at radius 1 is 1.33 bits per heavy atom. The standard InChI is InChI=1S/C15H26O2Si/c1-11-9-8-10-15(3,4)13(11)14(17-12(2)16)18(5,6)7/h9H,8,10H2,1-7H3/b14-13+. The molecular weight excluding hydrogens is 240 g/mol. The van der Waals surface area contributed by atoms with Crippen molar-refractivity contribution in [3.63, 3.8) is 0 Å². The summed E-state index contributed by atoms with van der Waals surface area (Å²) in [6.45, 7) is 14.8. The number of rotatable bonds is 2. The first-order valence-electron chi connectivity index (χ1n) is 6.66. The van der Waals surface area contributed by atoms with Gasteiger partial charge in [-0.15, -0.1) is 0 Å². The van der Waals surface area contributed by atoms with E-state index >= 15 is 0 Å². The zero-order valence-corrected chi connectivity index (χ0v) is 13.8. The predicted molar refractivity (Wildman–Crippen MR) is 78.9 cm³/mol. The monoisotopic (exact) mass is 266 g/mol. The number of ether oxygens (including phenoxy) is 1.